The molecular weight excluding hydrogens is 396 g/mol. The van der Waals surface area contributed by atoms with Crippen molar-refractivity contribution in [1.29, 1.82) is 0 Å². The van der Waals surface area contributed by atoms with Gasteiger partial charge in [-0.05, 0) is 61.1 Å². The first-order valence-corrected chi connectivity index (χ1v) is 10.9. The standard InChI is InChI=1S/C25H32N2O2.ClH/c1-17(2)22-13-12-21(14-18(22)3)29-16-20(28)15-27-24-11-7-6-10-23(24)26-25(27)19-8-4-5-9-19;/h6-7,10-14,17,19-20,28H,4-5,8-9,15-16H2,1-3H3;1H. The quantitative estimate of drug-likeness (QED) is 0.503. The van der Waals surface area contributed by atoms with E-state index in [1.54, 1.807) is 0 Å². The minimum Gasteiger partial charge on any atom is -0.491 e. The molecule has 0 saturated heterocycles. The molecule has 1 aliphatic rings. The molecule has 1 N–H and O–H groups in total. The molecule has 4 rings (SSSR count). The highest BCUT2D eigenvalue weighted by molar-refractivity contribution is 5.85. The van der Waals surface area contributed by atoms with Gasteiger partial charge in [-0.25, -0.2) is 4.98 Å². The van der Waals surface area contributed by atoms with E-state index in [1.165, 1.54) is 36.8 Å². The van der Waals surface area contributed by atoms with E-state index in [0.717, 1.165) is 22.6 Å². The van der Waals surface area contributed by atoms with Gasteiger partial charge >= 0.3 is 0 Å². The number of aryl methyl sites for hydroxylation is 1. The number of para-hydroxylation sites is 2. The Morgan fingerprint density at radius 2 is 1.87 bits per heavy atom. The van der Waals surface area contributed by atoms with Gasteiger partial charge in [-0.15, -0.1) is 12.4 Å². The molecule has 0 amide bonds. The van der Waals surface area contributed by atoms with Gasteiger partial charge in [0, 0.05) is 5.92 Å². The Balaban J connectivity index is 0.00000256. The summed E-state index contributed by atoms with van der Waals surface area (Å²) in [5.74, 6) is 2.94. The van der Waals surface area contributed by atoms with E-state index in [2.05, 4.69) is 49.6 Å². The topological polar surface area (TPSA) is 47.3 Å². The highest BCUT2D eigenvalue weighted by atomic mass is 35.5. The van der Waals surface area contributed by atoms with Crippen LogP contribution in [-0.2, 0) is 6.54 Å². The lowest BCUT2D eigenvalue weighted by Gasteiger charge is -2.18. The number of benzene rings is 2. The van der Waals surface area contributed by atoms with E-state index in [1.807, 2.05) is 18.2 Å². The Labute approximate surface area is 185 Å². The molecule has 3 aromatic rings. The van der Waals surface area contributed by atoms with Crippen molar-refractivity contribution in [3.05, 3.63) is 59.4 Å². The lowest BCUT2D eigenvalue weighted by atomic mass is 9.98. The Morgan fingerprint density at radius 1 is 1.13 bits per heavy atom. The van der Waals surface area contributed by atoms with Crippen molar-refractivity contribution >= 4 is 23.4 Å². The van der Waals surface area contributed by atoms with Gasteiger partial charge < -0.3 is 14.4 Å². The van der Waals surface area contributed by atoms with Crippen LogP contribution in [0.5, 0.6) is 5.75 Å². The van der Waals surface area contributed by atoms with E-state index < -0.39 is 6.10 Å². The number of hydrogen-bond acceptors (Lipinski definition) is 3. The number of aromatic nitrogens is 2. The number of aliphatic hydroxyl groups is 1. The number of imidazole rings is 1. The maximum absolute atomic E-state index is 10.7. The van der Waals surface area contributed by atoms with Gasteiger partial charge in [-0.1, -0.05) is 44.9 Å². The van der Waals surface area contributed by atoms with Gasteiger partial charge in [0.25, 0.3) is 0 Å². The Bertz CT molecular complexity index is 976. The lowest BCUT2D eigenvalue weighted by molar-refractivity contribution is 0.0924. The van der Waals surface area contributed by atoms with E-state index >= 15 is 0 Å². The summed E-state index contributed by atoms with van der Waals surface area (Å²) in [6, 6.07) is 14.4. The first-order valence-electron chi connectivity index (χ1n) is 10.9. The molecule has 5 heteroatoms. The van der Waals surface area contributed by atoms with E-state index in [-0.39, 0.29) is 19.0 Å². The van der Waals surface area contributed by atoms with Crippen molar-refractivity contribution in [2.75, 3.05) is 6.61 Å². The van der Waals surface area contributed by atoms with Crippen LogP contribution in [0, 0.1) is 6.92 Å². The first-order chi connectivity index (χ1) is 14.0. The monoisotopic (exact) mass is 428 g/mol. The summed E-state index contributed by atoms with van der Waals surface area (Å²) < 4.78 is 8.14. The number of aliphatic hydroxyl groups excluding tert-OH is 1. The maximum atomic E-state index is 10.7. The average molecular weight is 429 g/mol. The zero-order valence-corrected chi connectivity index (χ0v) is 19.0. The molecule has 1 unspecified atom stereocenters. The molecule has 1 aromatic heterocycles. The summed E-state index contributed by atoms with van der Waals surface area (Å²) in [5, 5.41) is 10.7. The second kappa shape index (κ2) is 9.84. The first kappa shape index (κ1) is 22.6. The van der Waals surface area contributed by atoms with Crippen LogP contribution in [0.25, 0.3) is 11.0 Å². The number of ether oxygens (including phenoxy) is 1. The summed E-state index contributed by atoms with van der Waals surface area (Å²) in [6.07, 6.45) is 4.34. The zero-order chi connectivity index (χ0) is 20.4. The summed E-state index contributed by atoms with van der Waals surface area (Å²) >= 11 is 0. The molecule has 30 heavy (non-hydrogen) atoms. The largest absolute Gasteiger partial charge is 0.491 e. The highest BCUT2D eigenvalue weighted by Gasteiger charge is 2.24. The van der Waals surface area contributed by atoms with Crippen LogP contribution in [0.2, 0.25) is 0 Å². The fraction of sp³-hybridized carbons (Fsp3) is 0.480. The molecule has 1 aliphatic carbocycles. The van der Waals surface area contributed by atoms with Gasteiger partial charge in [0.2, 0.25) is 0 Å². The van der Waals surface area contributed by atoms with Crippen LogP contribution < -0.4 is 4.74 Å². The fourth-order valence-electron chi connectivity index (χ4n) is 4.62. The maximum Gasteiger partial charge on any atom is 0.119 e. The van der Waals surface area contributed by atoms with Crippen LogP contribution in [0.4, 0.5) is 0 Å². The van der Waals surface area contributed by atoms with Gasteiger partial charge in [0.05, 0.1) is 17.6 Å². The predicted molar refractivity (Wildman–Crippen MR) is 125 cm³/mol. The van der Waals surface area contributed by atoms with Crippen LogP contribution >= 0.6 is 12.4 Å². The number of hydrogen-bond donors (Lipinski definition) is 1. The van der Waals surface area contributed by atoms with Crippen LogP contribution in [0.3, 0.4) is 0 Å². The Morgan fingerprint density at radius 3 is 2.57 bits per heavy atom. The number of halogens is 1. The normalized spacial score (nSPS) is 15.5. The minimum absolute atomic E-state index is 0. The molecule has 1 heterocycles. The van der Waals surface area contributed by atoms with Crippen molar-refractivity contribution in [3.63, 3.8) is 0 Å². The SMILES string of the molecule is Cc1cc(OCC(O)Cn2c(C3CCCC3)nc3ccccc32)ccc1C(C)C.Cl. The van der Waals surface area contributed by atoms with Crippen LogP contribution in [0.1, 0.15) is 68.3 Å². The Kier molecular flexibility index (Phi) is 7.43. The van der Waals surface area contributed by atoms with E-state index in [0.29, 0.717) is 18.4 Å². The van der Waals surface area contributed by atoms with Crippen molar-refractivity contribution in [2.24, 2.45) is 0 Å². The molecule has 1 fully saturated rings. The third-order valence-electron chi connectivity index (χ3n) is 6.10. The fourth-order valence-corrected chi connectivity index (χ4v) is 4.62. The molecular formula is C25H33ClN2O2. The smallest absolute Gasteiger partial charge is 0.119 e. The number of rotatable bonds is 7. The Hall–Kier alpha value is -2.04. The second-order valence-electron chi connectivity index (χ2n) is 8.69. The van der Waals surface area contributed by atoms with Gasteiger partial charge in [-0.3, -0.25) is 0 Å². The molecule has 0 spiro atoms. The third-order valence-corrected chi connectivity index (χ3v) is 6.10. The molecule has 2 aromatic carbocycles. The van der Waals surface area contributed by atoms with Crippen molar-refractivity contribution in [2.45, 2.75) is 70.9 Å². The number of nitrogens with zero attached hydrogens (tertiary/aromatic N) is 2. The summed E-state index contributed by atoms with van der Waals surface area (Å²) in [5.41, 5.74) is 4.69. The molecule has 0 aliphatic heterocycles. The van der Waals surface area contributed by atoms with Crippen LogP contribution in [0.15, 0.2) is 42.5 Å². The van der Waals surface area contributed by atoms with E-state index in [9.17, 15) is 5.11 Å². The van der Waals surface area contributed by atoms with Crippen molar-refractivity contribution < 1.29 is 9.84 Å². The van der Waals surface area contributed by atoms with Crippen molar-refractivity contribution in [3.8, 4) is 5.75 Å². The molecule has 0 radical (unpaired) electrons. The lowest BCUT2D eigenvalue weighted by Crippen LogP contribution is -2.25. The summed E-state index contributed by atoms with van der Waals surface area (Å²) in [4.78, 5) is 4.91. The zero-order valence-electron chi connectivity index (χ0n) is 18.2. The molecule has 162 valence electrons. The third kappa shape index (κ3) is 4.81. The van der Waals surface area contributed by atoms with Gasteiger partial charge in [0.15, 0.2) is 0 Å². The molecule has 1 saturated carbocycles. The second-order valence-corrected chi connectivity index (χ2v) is 8.69. The number of fused-ring (bicyclic) bond motifs is 1. The average Bonchev–Trinajstić information content (AvgIpc) is 3.34. The highest BCUT2D eigenvalue weighted by Crippen LogP contribution is 2.35. The molecule has 4 nitrogen and oxygen atoms in total. The summed E-state index contributed by atoms with van der Waals surface area (Å²) in [6.45, 7) is 7.30. The summed E-state index contributed by atoms with van der Waals surface area (Å²) in [7, 11) is 0. The molecule has 0 bridgehead atoms. The van der Waals surface area contributed by atoms with Crippen molar-refractivity contribution in [1.82, 2.24) is 9.55 Å². The minimum atomic E-state index is -0.585. The van der Waals surface area contributed by atoms with E-state index in [4.69, 9.17) is 9.72 Å². The predicted octanol–water partition coefficient (Wildman–Crippen LogP) is 5.99. The molecule has 1 atom stereocenters. The van der Waals surface area contributed by atoms with Crippen LogP contribution in [-0.4, -0.2) is 27.4 Å². The van der Waals surface area contributed by atoms with Gasteiger partial charge in [0.1, 0.15) is 24.3 Å². The van der Waals surface area contributed by atoms with Gasteiger partial charge in [-0.2, -0.15) is 0 Å².